The summed E-state index contributed by atoms with van der Waals surface area (Å²) in [6.45, 7) is 2.62. The Hall–Kier alpha value is -0.120. The van der Waals surface area contributed by atoms with Crippen molar-refractivity contribution in [1.29, 1.82) is 0 Å². The number of nitrogens with one attached hydrogen (secondary N) is 1. The SMILES string of the molecule is CC1CCC(O)CNC(O)C1. The van der Waals surface area contributed by atoms with Crippen LogP contribution >= 0.6 is 0 Å². The van der Waals surface area contributed by atoms with Gasteiger partial charge in [0.15, 0.2) is 0 Å². The third-order valence-corrected chi connectivity index (χ3v) is 2.21. The molecule has 0 spiro atoms. The second-order valence-electron chi connectivity index (χ2n) is 3.50. The van der Waals surface area contributed by atoms with Crippen molar-refractivity contribution in [2.75, 3.05) is 6.54 Å². The smallest absolute Gasteiger partial charge is 0.105 e. The summed E-state index contributed by atoms with van der Waals surface area (Å²) >= 11 is 0. The van der Waals surface area contributed by atoms with Crippen LogP contribution in [0.3, 0.4) is 0 Å². The highest BCUT2D eigenvalue weighted by Crippen LogP contribution is 2.15. The van der Waals surface area contributed by atoms with Crippen LogP contribution in [0.2, 0.25) is 0 Å². The molecule has 0 aromatic heterocycles. The molecule has 1 aliphatic rings. The summed E-state index contributed by atoms with van der Waals surface area (Å²) in [6.07, 6.45) is 1.94. The van der Waals surface area contributed by atoms with Crippen molar-refractivity contribution in [3.05, 3.63) is 0 Å². The van der Waals surface area contributed by atoms with Crippen molar-refractivity contribution in [2.24, 2.45) is 5.92 Å². The summed E-state index contributed by atoms with van der Waals surface area (Å²) < 4.78 is 0. The van der Waals surface area contributed by atoms with Gasteiger partial charge in [-0.1, -0.05) is 6.92 Å². The molecule has 0 aromatic rings. The largest absolute Gasteiger partial charge is 0.392 e. The third kappa shape index (κ3) is 3.18. The summed E-state index contributed by atoms with van der Waals surface area (Å²) in [4.78, 5) is 0. The van der Waals surface area contributed by atoms with Crippen molar-refractivity contribution in [2.45, 2.75) is 38.5 Å². The maximum absolute atomic E-state index is 9.28. The second kappa shape index (κ2) is 4.04. The Morgan fingerprint density at radius 3 is 2.73 bits per heavy atom. The van der Waals surface area contributed by atoms with Gasteiger partial charge in [0.05, 0.1) is 6.10 Å². The lowest BCUT2D eigenvalue weighted by Gasteiger charge is -2.23. The molecule has 3 heteroatoms. The van der Waals surface area contributed by atoms with Crippen LogP contribution in [0.15, 0.2) is 0 Å². The number of hydrogen-bond acceptors (Lipinski definition) is 3. The van der Waals surface area contributed by atoms with Crippen LogP contribution in [0.1, 0.15) is 26.2 Å². The zero-order valence-corrected chi connectivity index (χ0v) is 6.95. The molecule has 11 heavy (non-hydrogen) atoms. The highest BCUT2D eigenvalue weighted by atomic mass is 16.3. The zero-order valence-electron chi connectivity index (χ0n) is 6.95. The quantitative estimate of drug-likeness (QED) is 0.469. The molecule has 3 N–H and O–H groups in total. The molecule has 1 heterocycles. The van der Waals surface area contributed by atoms with Crippen LogP contribution in [0.25, 0.3) is 0 Å². The van der Waals surface area contributed by atoms with E-state index < -0.39 is 6.23 Å². The first-order valence-electron chi connectivity index (χ1n) is 4.28. The van der Waals surface area contributed by atoms with Gasteiger partial charge in [-0.2, -0.15) is 0 Å². The topological polar surface area (TPSA) is 52.5 Å². The second-order valence-corrected chi connectivity index (χ2v) is 3.50. The number of rotatable bonds is 0. The number of aliphatic hydroxyl groups excluding tert-OH is 2. The van der Waals surface area contributed by atoms with E-state index >= 15 is 0 Å². The van der Waals surface area contributed by atoms with Gasteiger partial charge in [-0.05, 0) is 25.2 Å². The minimum atomic E-state index is -0.431. The summed E-state index contributed by atoms with van der Waals surface area (Å²) in [5, 5.41) is 21.4. The normalized spacial score (nSPS) is 41.2. The van der Waals surface area contributed by atoms with E-state index in [-0.39, 0.29) is 6.10 Å². The average molecular weight is 159 g/mol. The molecule has 3 unspecified atom stereocenters. The predicted molar refractivity (Wildman–Crippen MR) is 43.0 cm³/mol. The maximum atomic E-state index is 9.28. The molecule has 0 aromatic carbocycles. The van der Waals surface area contributed by atoms with Crippen LogP contribution in [0.5, 0.6) is 0 Å². The number of hydrogen-bond donors (Lipinski definition) is 3. The van der Waals surface area contributed by atoms with Crippen LogP contribution < -0.4 is 5.32 Å². The molecular formula is C8H17NO2. The Balaban J connectivity index is 2.34. The van der Waals surface area contributed by atoms with Gasteiger partial charge < -0.3 is 10.2 Å². The van der Waals surface area contributed by atoms with Gasteiger partial charge in [0, 0.05) is 6.54 Å². The molecule has 3 atom stereocenters. The fourth-order valence-electron chi connectivity index (χ4n) is 1.43. The van der Waals surface area contributed by atoms with E-state index in [1.165, 1.54) is 0 Å². The molecular weight excluding hydrogens is 142 g/mol. The van der Waals surface area contributed by atoms with E-state index in [9.17, 15) is 10.2 Å². The van der Waals surface area contributed by atoms with Crippen LogP contribution in [0.4, 0.5) is 0 Å². The number of aliphatic hydroxyl groups is 2. The average Bonchev–Trinajstić information content (AvgIpc) is 1.95. The van der Waals surface area contributed by atoms with Crippen molar-refractivity contribution < 1.29 is 10.2 Å². The van der Waals surface area contributed by atoms with Crippen LogP contribution in [-0.2, 0) is 0 Å². The molecule has 1 fully saturated rings. The van der Waals surface area contributed by atoms with Crippen molar-refractivity contribution in [3.63, 3.8) is 0 Å². The lowest BCUT2D eigenvalue weighted by atomic mass is 9.97. The van der Waals surface area contributed by atoms with Crippen molar-refractivity contribution in [3.8, 4) is 0 Å². The van der Waals surface area contributed by atoms with Gasteiger partial charge >= 0.3 is 0 Å². The van der Waals surface area contributed by atoms with Gasteiger partial charge in [0.2, 0.25) is 0 Å². The Kier molecular flexibility index (Phi) is 3.30. The molecule has 66 valence electrons. The highest BCUT2D eigenvalue weighted by Gasteiger charge is 2.16. The Bertz CT molecular complexity index is 107. The van der Waals surface area contributed by atoms with E-state index in [1.54, 1.807) is 0 Å². The van der Waals surface area contributed by atoms with Crippen molar-refractivity contribution in [1.82, 2.24) is 5.32 Å². The van der Waals surface area contributed by atoms with Crippen LogP contribution in [-0.4, -0.2) is 29.1 Å². The predicted octanol–water partition coefficient (Wildman–Crippen LogP) is 0.0753. The molecule has 3 nitrogen and oxygen atoms in total. The Labute approximate surface area is 67.4 Å². The maximum Gasteiger partial charge on any atom is 0.105 e. The molecule has 0 radical (unpaired) electrons. The molecule has 1 saturated heterocycles. The van der Waals surface area contributed by atoms with Gasteiger partial charge in [-0.3, -0.25) is 5.32 Å². The highest BCUT2D eigenvalue weighted by molar-refractivity contribution is 4.69. The number of β-amino-alcohol motifs (C(OH)–C–C–N with tert-alkyl or cyclic N) is 1. The van der Waals surface area contributed by atoms with E-state index in [1.807, 2.05) is 0 Å². The Morgan fingerprint density at radius 1 is 1.27 bits per heavy atom. The third-order valence-electron chi connectivity index (χ3n) is 2.21. The van der Waals surface area contributed by atoms with Crippen LogP contribution in [0, 0.1) is 5.92 Å². The summed E-state index contributed by atoms with van der Waals surface area (Å²) in [5.74, 6) is 0.507. The molecule has 1 rings (SSSR count). The molecule has 0 bridgehead atoms. The van der Waals surface area contributed by atoms with Gasteiger partial charge in [0.1, 0.15) is 6.23 Å². The van der Waals surface area contributed by atoms with Gasteiger partial charge in [0.25, 0.3) is 0 Å². The first-order valence-corrected chi connectivity index (χ1v) is 4.28. The van der Waals surface area contributed by atoms with Crippen molar-refractivity contribution >= 4 is 0 Å². The minimum Gasteiger partial charge on any atom is -0.392 e. The standard InChI is InChI=1S/C8H17NO2/c1-6-2-3-7(10)5-9-8(11)4-6/h6-11H,2-5H2,1H3. The molecule has 1 aliphatic heterocycles. The molecule has 0 saturated carbocycles. The van der Waals surface area contributed by atoms with Gasteiger partial charge in [-0.15, -0.1) is 0 Å². The molecule has 0 amide bonds. The van der Waals surface area contributed by atoms with E-state index in [4.69, 9.17) is 0 Å². The first kappa shape index (κ1) is 8.97. The van der Waals surface area contributed by atoms with E-state index in [2.05, 4.69) is 12.2 Å². The zero-order chi connectivity index (χ0) is 8.27. The lowest BCUT2D eigenvalue weighted by Crippen LogP contribution is -2.38. The Morgan fingerprint density at radius 2 is 2.00 bits per heavy atom. The summed E-state index contributed by atoms with van der Waals surface area (Å²) in [7, 11) is 0. The fourth-order valence-corrected chi connectivity index (χ4v) is 1.43. The minimum absolute atomic E-state index is 0.285. The monoisotopic (exact) mass is 159 g/mol. The lowest BCUT2D eigenvalue weighted by molar-refractivity contribution is 0.0606. The van der Waals surface area contributed by atoms with E-state index in [0.29, 0.717) is 12.5 Å². The molecule has 0 aliphatic carbocycles. The summed E-state index contributed by atoms with van der Waals surface area (Å²) in [5.41, 5.74) is 0. The van der Waals surface area contributed by atoms with E-state index in [0.717, 1.165) is 19.3 Å². The first-order chi connectivity index (χ1) is 5.18. The fraction of sp³-hybridized carbons (Fsp3) is 1.00. The summed E-state index contributed by atoms with van der Waals surface area (Å²) in [6, 6.07) is 0. The van der Waals surface area contributed by atoms with Gasteiger partial charge in [-0.25, -0.2) is 0 Å².